The highest BCUT2D eigenvalue weighted by Gasteiger charge is 2.31. The fourth-order valence-corrected chi connectivity index (χ4v) is 5.85. The van der Waals surface area contributed by atoms with Crippen LogP contribution < -0.4 is 15.0 Å². The Kier molecular flexibility index (Phi) is 8.44. The quantitative estimate of drug-likeness (QED) is 0.367. The molecule has 2 N–H and O–H groups in total. The summed E-state index contributed by atoms with van der Waals surface area (Å²) in [6.45, 7) is 4.59. The van der Waals surface area contributed by atoms with Crippen LogP contribution in [-0.2, 0) is 17.6 Å². The van der Waals surface area contributed by atoms with E-state index in [9.17, 15) is 4.79 Å². The molecule has 1 fully saturated rings. The Morgan fingerprint density at radius 2 is 1.98 bits per heavy atom. The van der Waals surface area contributed by atoms with Crippen LogP contribution in [-0.4, -0.2) is 72.5 Å². The summed E-state index contributed by atoms with van der Waals surface area (Å²) >= 11 is 3.56. The van der Waals surface area contributed by atoms with Crippen molar-refractivity contribution < 1.29 is 9.53 Å². The summed E-state index contributed by atoms with van der Waals surface area (Å²) in [7, 11) is 3.44. The van der Waals surface area contributed by atoms with Crippen LogP contribution in [0, 0.1) is 5.41 Å². The van der Waals surface area contributed by atoms with Crippen molar-refractivity contribution in [2.45, 2.75) is 32.1 Å². The molecule has 2 heterocycles. The van der Waals surface area contributed by atoms with Gasteiger partial charge in [-0.25, -0.2) is 9.97 Å². The van der Waals surface area contributed by atoms with E-state index in [1.807, 2.05) is 41.4 Å². The first-order valence-corrected chi connectivity index (χ1v) is 14.2. The Labute approximate surface area is 243 Å². The minimum atomic E-state index is -0.283. The molecule has 1 saturated heterocycles. The van der Waals surface area contributed by atoms with E-state index < -0.39 is 0 Å². The number of carbonyl (C=O) groups is 1. The number of aliphatic imine (C=N–C) groups is 1. The third kappa shape index (κ3) is 6.01. The van der Waals surface area contributed by atoms with Crippen LogP contribution in [0.25, 0.3) is 0 Å². The molecule has 1 aromatic heterocycles. The first-order chi connectivity index (χ1) is 19.4. The monoisotopic (exact) mass is 603 g/mol. The summed E-state index contributed by atoms with van der Waals surface area (Å²) < 4.78 is 6.74. The van der Waals surface area contributed by atoms with Gasteiger partial charge in [0.1, 0.15) is 5.75 Å². The second-order valence-electron chi connectivity index (χ2n) is 10.1. The topological polar surface area (TPSA) is 107 Å². The first-order valence-electron chi connectivity index (χ1n) is 13.4. The normalized spacial score (nSPS) is 17.4. The van der Waals surface area contributed by atoms with Crippen molar-refractivity contribution in [1.29, 1.82) is 5.41 Å². The van der Waals surface area contributed by atoms with Gasteiger partial charge in [-0.2, -0.15) is 0 Å². The second kappa shape index (κ2) is 12.2. The molecule has 9 nitrogen and oxygen atoms in total. The highest BCUT2D eigenvalue weighted by molar-refractivity contribution is 9.10. The van der Waals surface area contributed by atoms with E-state index in [0.717, 1.165) is 57.9 Å². The van der Waals surface area contributed by atoms with Crippen molar-refractivity contribution in [3.05, 3.63) is 70.0 Å². The SMILES string of the molecule is CN=C(Cc1cccc(Br)c1)C1C(=N)CCc2cnc(Nc3ccc(N4CCN(C(C)=O)CC4)cc3OC)nc21. The van der Waals surface area contributed by atoms with Crippen LogP contribution in [0.5, 0.6) is 5.75 Å². The van der Waals surface area contributed by atoms with Crippen molar-refractivity contribution in [2.75, 3.05) is 50.6 Å². The minimum Gasteiger partial charge on any atom is -0.494 e. The van der Waals surface area contributed by atoms with Gasteiger partial charge in [-0.15, -0.1) is 0 Å². The molecule has 5 rings (SSSR count). The molecule has 3 aromatic rings. The van der Waals surface area contributed by atoms with Gasteiger partial charge < -0.3 is 25.3 Å². The largest absolute Gasteiger partial charge is 0.494 e. The number of benzene rings is 2. The van der Waals surface area contributed by atoms with Gasteiger partial charge in [-0.05, 0) is 48.2 Å². The molecule has 1 unspecified atom stereocenters. The standard InChI is InChI=1S/C30H34BrN7O2/c1-19(39)37-11-13-38(14-12-37)23-8-10-25(27(17-23)40-3)35-30-34-18-21-7-9-24(32)28(29(21)36-30)26(33-2)16-20-5-4-6-22(31)15-20/h4-6,8,10,15,17-18,28,32H,7,9,11-14,16H2,1-3H3,(H,34,35,36). The van der Waals surface area contributed by atoms with Crippen molar-refractivity contribution in [2.24, 2.45) is 4.99 Å². The molecule has 1 aliphatic carbocycles. The average Bonchev–Trinajstić information content (AvgIpc) is 2.96. The molecule has 1 amide bonds. The number of hydrogen-bond donors (Lipinski definition) is 2. The molecule has 1 atom stereocenters. The number of anilines is 3. The zero-order valence-corrected chi connectivity index (χ0v) is 24.7. The van der Waals surface area contributed by atoms with Crippen molar-refractivity contribution in [1.82, 2.24) is 14.9 Å². The van der Waals surface area contributed by atoms with E-state index in [1.54, 1.807) is 21.1 Å². The Morgan fingerprint density at radius 1 is 1.18 bits per heavy atom. The maximum Gasteiger partial charge on any atom is 0.227 e. The average molecular weight is 605 g/mol. The molecule has 1 aliphatic heterocycles. The van der Waals surface area contributed by atoms with E-state index in [-0.39, 0.29) is 11.8 Å². The summed E-state index contributed by atoms with van der Waals surface area (Å²) in [5, 5.41) is 12.2. The summed E-state index contributed by atoms with van der Waals surface area (Å²) in [6, 6.07) is 14.2. The van der Waals surface area contributed by atoms with Crippen LogP contribution in [0.3, 0.4) is 0 Å². The summed E-state index contributed by atoms with van der Waals surface area (Å²) in [6.07, 6.45) is 3.92. The number of piperazine rings is 1. The smallest absolute Gasteiger partial charge is 0.227 e. The number of fused-ring (bicyclic) bond motifs is 1. The van der Waals surface area contributed by atoms with Crippen LogP contribution in [0.4, 0.5) is 17.3 Å². The number of rotatable bonds is 7. The fraction of sp³-hybridized carbons (Fsp3) is 0.367. The Morgan fingerprint density at radius 3 is 2.67 bits per heavy atom. The van der Waals surface area contributed by atoms with Gasteiger partial charge in [0, 0.05) is 80.4 Å². The highest BCUT2D eigenvalue weighted by Crippen LogP contribution is 2.34. The van der Waals surface area contributed by atoms with Gasteiger partial charge in [0.25, 0.3) is 0 Å². The van der Waals surface area contributed by atoms with Crippen molar-refractivity contribution >= 4 is 50.6 Å². The first kappa shape index (κ1) is 27.8. The number of hydrogen-bond acceptors (Lipinski definition) is 8. The third-order valence-corrected chi connectivity index (χ3v) is 8.09. The van der Waals surface area contributed by atoms with Crippen LogP contribution >= 0.6 is 15.9 Å². The maximum absolute atomic E-state index is 11.7. The molecular weight excluding hydrogens is 570 g/mol. The van der Waals surface area contributed by atoms with E-state index in [4.69, 9.17) is 15.1 Å². The molecule has 0 radical (unpaired) electrons. The van der Waals surface area contributed by atoms with Crippen LogP contribution in [0.2, 0.25) is 0 Å². The number of methoxy groups -OCH3 is 1. The molecule has 0 bridgehead atoms. The predicted molar refractivity (Wildman–Crippen MR) is 163 cm³/mol. The fourth-order valence-electron chi connectivity index (χ4n) is 5.41. The lowest BCUT2D eigenvalue weighted by Gasteiger charge is -2.35. The number of nitrogens with one attached hydrogen (secondary N) is 2. The van der Waals surface area contributed by atoms with Gasteiger partial charge in [0.15, 0.2) is 0 Å². The number of aryl methyl sites for hydroxylation is 1. The number of carbonyl (C=O) groups excluding carboxylic acids is 1. The Bertz CT molecular complexity index is 1450. The number of ether oxygens (including phenoxy) is 1. The molecule has 2 aliphatic rings. The van der Waals surface area contributed by atoms with Gasteiger partial charge in [0.2, 0.25) is 11.9 Å². The molecule has 40 heavy (non-hydrogen) atoms. The molecule has 0 saturated carbocycles. The van der Waals surface area contributed by atoms with E-state index >= 15 is 0 Å². The van der Waals surface area contributed by atoms with Crippen molar-refractivity contribution in [3.63, 3.8) is 0 Å². The number of halogens is 1. The lowest BCUT2D eigenvalue weighted by atomic mass is 9.80. The summed E-state index contributed by atoms with van der Waals surface area (Å²) in [5.74, 6) is 0.971. The molecule has 0 spiro atoms. The number of nitrogens with zero attached hydrogens (tertiary/aromatic N) is 5. The summed E-state index contributed by atoms with van der Waals surface area (Å²) in [4.78, 5) is 30.0. The van der Waals surface area contributed by atoms with E-state index in [1.165, 1.54) is 0 Å². The van der Waals surface area contributed by atoms with E-state index in [2.05, 4.69) is 48.3 Å². The lowest BCUT2D eigenvalue weighted by molar-refractivity contribution is -0.129. The molecular formula is C30H34BrN7O2. The van der Waals surface area contributed by atoms with Crippen LogP contribution in [0.15, 0.2) is 58.1 Å². The molecule has 10 heteroatoms. The van der Waals surface area contributed by atoms with Crippen LogP contribution in [0.1, 0.15) is 36.1 Å². The highest BCUT2D eigenvalue weighted by atomic mass is 79.9. The minimum absolute atomic E-state index is 0.115. The predicted octanol–water partition coefficient (Wildman–Crippen LogP) is 5.02. The van der Waals surface area contributed by atoms with Gasteiger partial charge in [0.05, 0.1) is 24.4 Å². The maximum atomic E-state index is 11.7. The van der Waals surface area contributed by atoms with Gasteiger partial charge in [-0.1, -0.05) is 28.1 Å². The lowest BCUT2D eigenvalue weighted by Crippen LogP contribution is -2.48. The third-order valence-electron chi connectivity index (χ3n) is 7.60. The van der Waals surface area contributed by atoms with Gasteiger partial charge in [-0.3, -0.25) is 9.79 Å². The van der Waals surface area contributed by atoms with Crippen molar-refractivity contribution in [3.8, 4) is 5.75 Å². The molecule has 2 aromatic carbocycles. The van der Waals surface area contributed by atoms with E-state index in [0.29, 0.717) is 43.3 Å². The Balaban J connectivity index is 1.38. The Hall–Kier alpha value is -3.79. The second-order valence-corrected chi connectivity index (χ2v) is 11.0. The summed E-state index contributed by atoms with van der Waals surface area (Å²) in [5.41, 5.74) is 6.36. The number of aromatic nitrogens is 2. The number of amides is 1. The zero-order chi connectivity index (χ0) is 28.2. The van der Waals surface area contributed by atoms with Gasteiger partial charge >= 0.3 is 0 Å². The molecule has 208 valence electrons. The zero-order valence-electron chi connectivity index (χ0n) is 23.1.